The van der Waals surface area contributed by atoms with Gasteiger partial charge in [0.15, 0.2) is 0 Å². The molecule has 0 unspecified atom stereocenters. The van der Waals surface area contributed by atoms with Crippen molar-refractivity contribution in [3.05, 3.63) is 35.6 Å². The maximum Gasteiger partial charge on any atom is 0.274 e. The number of imide groups is 1. The number of hydrogen-bond acceptors (Lipinski definition) is 4. The lowest BCUT2D eigenvalue weighted by Gasteiger charge is -2.25. The Morgan fingerprint density at radius 2 is 1.95 bits per heavy atom. The molecule has 1 fully saturated rings. The molecule has 0 radical (unpaired) electrons. The second-order valence-corrected chi connectivity index (χ2v) is 4.56. The molecule has 1 heterocycles. The third-order valence-electron chi connectivity index (χ3n) is 3.19. The molecule has 7 heteroatoms. The highest BCUT2D eigenvalue weighted by Crippen LogP contribution is 2.14. The van der Waals surface area contributed by atoms with Gasteiger partial charge in [0, 0.05) is 12.1 Å². The van der Waals surface area contributed by atoms with E-state index in [9.17, 15) is 14.0 Å². The van der Waals surface area contributed by atoms with Crippen molar-refractivity contribution in [2.75, 3.05) is 13.1 Å². The zero-order valence-corrected chi connectivity index (χ0v) is 11.7. The molecule has 0 spiro atoms. The minimum atomic E-state index is -0.615. The van der Waals surface area contributed by atoms with Crippen LogP contribution in [-0.2, 0) is 4.79 Å². The summed E-state index contributed by atoms with van der Waals surface area (Å²) in [6, 6.07) is 4.94. The summed E-state index contributed by atoms with van der Waals surface area (Å²) in [5.74, 6) is 3.84. The van der Waals surface area contributed by atoms with Gasteiger partial charge in [0.2, 0.25) is 5.91 Å². The van der Waals surface area contributed by atoms with Gasteiger partial charge in [-0.15, -0.1) is 12.4 Å². The number of amides is 2. The molecule has 0 aliphatic carbocycles. The molecule has 1 aliphatic rings. The monoisotopic (exact) mass is 301 g/mol. The van der Waals surface area contributed by atoms with Crippen molar-refractivity contribution in [3.8, 4) is 0 Å². The summed E-state index contributed by atoms with van der Waals surface area (Å²) in [6.45, 7) is 1.41. The maximum atomic E-state index is 12.8. The third-order valence-corrected chi connectivity index (χ3v) is 3.19. The SMILES string of the molecule is Cl.NN(C(=O)c1ccc(F)cc1)C(=O)[C@H]1CCCNC1. The van der Waals surface area contributed by atoms with Gasteiger partial charge >= 0.3 is 0 Å². The number of nitrogens with one attached hydrogen (secondary N) is 1. The molecule has 1 saturated heterocycles. The maximum absolute atomic E-state index is 12.8. The van der Waals surface area contributed by atoms with Crippen LogP contribution in [0.2, 0.25) is 0 Å². The van der Waals surface area contributed by atoms with Crippen LogP contribution >= 0.6 is 12.4 Å². The Bertz CT molecular complexity index is 475. The van der Waals surface area contributed by atoms with Crippen molar-refractivity contribution in [2.24, 2.45) is 11.8 Å². The number of hydrogen-bond donors (Lipinski definition) is 2. The highest BCUT2D eigenvalue weighted by molar-refractivity contribution is 6.04. The van der Waals surface area contributed by atoms with Gasteiger partial charge in [-0.25, -0.2) is 15.2 Å². The van der Waals surface area contributed by atoms with E-state index in [-0.39, 0.29) is 23.9 Å². The highest BCUT2D eigenvalue weighted by Gasteiger charge is 2.28. The van der Waals surface area contributed by atoms with E-state index in [1.165, 1.54) is 12.1 Å². The van der Waals surface area contributed by atoms with Crippen LogP contribution in [0.15, 0.2) is 24.3 Å². The van der Waals surface area contributed by atoms with E-state index in [0.717, 1.165) is 31.5 Å². The second-order valence-electron chi connectivity index (χ2n) is 4.56. The lowest BCUT2D eigenvalue weighted by atomic mass is 9.98. The number of nitrogens with zero attached hydrogens (tertiary/aromatic N) is 1. The molecular weight excluding hydrogens is 285 g/mol. The summed E-state index contributed by atoms with van der Waals surface area (Å²) < 4.78 is 12.8. The molecule has 0 aromatic heterocycles. The largest absolute Gasteiger partial charge is 0.316 e. The number of carbonyl (C=O) groups is 2. The second kappa shape index (κ2) is 7.33. The van der Waals surface area contributed by atoms with E-state index < -0.39 is 17.6 Å². The molecular formula is C13H17ClFN3O2. The molecule has 1 aromatic rings. The predicted octanol–water partition coefficient (Wildman–Crippen LogP) is 1.09. The zero-order valence-electron chi connectivity index (χ0n) is 10.8. The zero-order chi connectivity index (χ0) is 13.8. The number of piperidine rings is 1. The molecule has 0 bridgehead atoms. The van der Waals surface area contributed by atoms with Gasteiger partial charge in [-0.05, 0) is 43.7 Å². The lowest BCUT2D eigenvalue weighted by molar-refractivity contribution is -0.133. The van der Waals surface area contributed by atoms with Crippen LogP contribution in [0.3, 0.4) is 0 Å². The van der Waals surface area contributed by atoms with Gasteiger partial charge in [-0.1, -0.05) is 0 Å². The first-order chi connectivity index (χ1) is 9.09. The predicted molar refractivity (Wildman–Crippen MR) is 74.6 cm³/mol. The van der Waals surface area contributed by atoms with Crippen LogP contribution in [0, 0.1) is 11.7 Å². The van der Waals surface area contributed by atoms with Gasteiger partial charge in [0.05, 0.1) is 5.92 Å². The Morgan fingerprint density at radius 1 is 1.30 bits per heavy atom. The van der Waals surface area contributed by atoms with E-state index in [4.69, 9.17) is 5.84 Å². The molecule has 5 nitrogen and oxygen atoms in total. The Morgan fingerprint density at radius 3 is 2.50 bits per heavy atom. The Kier molecular flexibility index (Phi) is 6.06. The number of carbonyl (C=O) groups excluding carboxylic acids is 2. The summed E-state index contributed by atoms with van der Waals surface area (Å²) in [7, 11) is 0. The van der Waals surface area contributed by atoms with Crippen LogP contribution in [-0.4, -0.2) is 29.9 Å². The van der Waals surface area contributed by atoms with Crippen LogP contribution in [0.5, 0.6) is 0 Å². The van der Waals surface area contributed by atoms with Crippen LogP contribution < -0.4 is 11.2 Å². The quantitative estimate of drug-likeness (QED) is 0.371. The third kappa shape index (κ3) is 3.75. The van der Waals surface area contributed by atoms with Gasteiger partial charge in [0.25, 0.3) is 5.91 Å². The number of halogens is 2. The molecule has 2 rings (SSSR count). The topological polar surface area (TPSA) is 75.4 Å². The van der Waals surface area contributed by atoms with Crippen molar-refractivity contribution >= 4 is 24.2 Å². The van der Waals surface area contributed by atoms with Crippen molar-refractivity contribution in [2.45, 2.75) is 12.8 Å². The van der Waals surface area contributed by atoms with Gasteiger partial charge in [0.1, 0.15) is 5.82 Å². The van der Waals surface area contributed by atoms with E-state index in [0.29, 0.717) is 11.6 Å². The Labute approximate surface area is 122 Å². The molecule has 20 heavy (non-hydrogen) atoms. The van der Waals surface area contributed by atoms with Crippen LogP contribution in [0.25, 0.3) is 0 Å². The van der Waals surface area contributed by atoms with E-state index in [1.807, 2.05) is 0 Å². The normalized spacial score (nSPS) is 18.0. The molecule has 3 N–H and O–H groups in total. The van der Waals surface area contributed by atoms with E-state index in [1.54, 1.807) is 0 Å². The molecule has 110 valence electrons. The number of hydrazine groups is 1. The van der Waals surface area contributed by atoms with Crippen molar-refractivity contribution in [1.29, 1.82) is 0 Å². The minimum absolute atomic E-state index is 0. The molecule has 1 aliphatic heterocycles. The van der Waals surface area contributed by atoms with Gasteiger partial charge in [-0.3, -0.25) is 9.59 Å². The summed E-state index contributed by atoms with van der Waals surface area (Å²) in [5.41, 5.74) is 0.195. The lowest BCUT2D eigenvalue weighted by Crippen LogP contribution is -2.49. The van der Waals surface area contributed by atoms with Crippen molar-refractivity contribution in [3.63, 3.8) is 0 Å². The van der Waals surface area contributed by atoms with Crippen molar-refractivity contribution in [1.82, 2.24) is 10.3 Å². The van der Waals surface area contributed by atoms with Gasteiger partial charge < -0.3 is 5.32 Å². The number of nitrogens with two attached hydrogens (primary N) is 1. The average molecular weight is 302 g/mol. The number of benzene rings is 1. The summed E-state index contributed by atoms with van der Waals surface area (Å²) in [4.78, 5) is 24.0. The van der Waals surface area contributed by atoms with Crippen LogP contribution in [0.1, 0.15) is 23.2 Å². The van der Waals surface area contributed by atoms with E-state index in [2.05, 4.69) is 5.32 Å². The van der Waals surface area contributed by atoms with Gasteiger partial charge in [-0.2, -0.15) is 0 Å². The first kappa shape index (κ1) is 16.6. The fourth-order valence-corrected chi connectivity index (χ4v) is 2.09. The molecule has 0 saturated carbocycles. The summed E-state index contributed by atoms with van der Waals surface area (Å²) >= 11 is 0. The van der Waals surface area contributed by atoms with Crippen LogP contribution in [0.4, 0.5) is 4.39 Å². The Hall–Kier alpha value is -1.50. The smallest absolute Gasteiger partial charge is 0.274 e. The Balaban J connectivity index is 0.00000200. The number of rotatable bonds is 2. The minimum Gasteiger partial charge on any atom is -0.316 e. The molecule has 1 aromatic carbocycles. The average Bonchev–Trinajstić information content (AvgIpc) is 2.46. The van der Waals surface area contributed by atoms with Crippen molar-refractivity contribution < 1.29 is 14.0 Å². The fraction of sp³-hybridized carbons (Fsp3) is 0.385. The standard InChI is InChI=1S/C13H16FN3O2.ClH/c14-11-5-3-9(4-6-11)12(18)17(15)13(19)10-2-1-7-16-8-10;/h3-6,10,16H,1-2,7-8,15H2;1H/t10-;/m0./s1. The summed E-state index contributed by atoms with van der Waals surface area (Å²) in [6.07, 6.45) is 1.60. The van der Waals surface area contributed by atoms with E-state index >= 15 is 0 Å². The molecule has 2 amide bonds. The fourth-order valence-electron chi connectivity index (χ4n) is 2.09. The first-order valence-corrected chi connectivity index (χ1v) is 6.19. The molecule has 1 atom stereocenters. The first-order valence-electron chi connectivity index (χ1n) is 6.19. The summed E-state index contributed by atoms with van der Waals surface area (Å²) in [5, 5.41) is 3.72. The highest BCUT2D eigenvalue weighted by atomic mass is 35.5.